The summed E-state index contributed by atoms with van der Waals surface area (Å²) < 4.78 is 5.14. The van der Waals surface area contributed by atoms with Gasteiger partial charge in [0.25, 0.3) is 0 Å². The van der Waals surface area contributed by atoms with E-state index in [0.29, 0.717) is 16.9 Å². The summed E-state index contributed by atoms with van der Waals surface area (Å²) in [7, 11) is 1.60. The minimum atomic E-state index is -1.07. The highest BCUT2D eigenvalue weighted by Gasteiger charge is 2.12. The van der Waals surface area contributed by atoms with E-state index < -0.39 is 5.97 Å². The van der Waals surface area contributed by atoms with Crippen molar-refractivity contribution in [3.63, 3.8) is 0 Å². The summed E-state index contributed by atoms with van der Waals surface area (Å²) in [5.41, 5.74) is 3.35. The summed E-state index contributed by atoms with van der Waals surface area (Å²) in [4.78, 5) is 14.5. The van der Waals surface area contributed by atoms with Crippen molar-refractivity contribution in [3.05, 3.63) is 65.6 Å². The summed E-state index contributed by atoms with van der Waals surface area (Å²) in [6.07, 6.45) is 0. The van der Waals surface area contributed by atoms with Gasteiger partial charge < -0.3 is 9.84 Å². The zero-order valence-electron chi connectivity index (χ0n) is 12.8. The average molecular weight is 319 g/mol. The molecule has 0 saturated heterocycles. The molecule has 1 heterocycles. The second-order valence-corrected chi connectivity index (χ2v) is 5.04. The number of aromatic nitrogens is 2. The molecule has 0 fully saturated rings. The number of nitrogens with one attached hydrogen (secondary N) is 1. The lowest BCUT2D eigenvalue weighted by Crippen LogP contribution is -1.95. The summed E-state index contributed by atoms with van der Waals surface area (Å²) in [5.74, 6) is -0.327. The molecule has 118 valence electrons. The maximum absolute atomic E-state index is 10.9. The molecule has 24 heavy (non-hydrogen) atoms. The van der Waals surface area contributed by atoms with Gasteiger partial charge in [0.05, 0.1) is 19.4 Å². The number of nitrogens with zero attached hydrogens (tertiary/aromatic N) is 2. The predicted octanol–water partition coefficient (Wildman–Crippen LogP) is 4.00. The molecule has 6 heteroatoms. The van der Waals surface area contributed by atoms with Crippen molar-refractivity contribution in [2.75, 3.05) is 7.11 Å². The normalized spacial score (nSPS) is 10.2. The number of aromatic amines is 1. The molecule has 0 bridgehead atoms. The molecule has 0 radical (unpaired) electrons. The van der Waals surface area contributed by atoms with Crippen molar-refractivity contribution in [1.29, 1.82) is 0 Å². The molecule has 6 nitrogen and oxygen atoms in total. The van der Waals surface area contributed by atoms with Crippen molar-refractivity contribution < 1.29 is 14.6 Å². The number of H-pyrrole nitrogens is 1. The van der Waals surface area contributed by atoms with E-state index in [9.17, 15) is 4.79 Å². The van der Waals surface area contributed by atoms with Gasteiger partial charge in [0.15, 0.2) is 5.69 Å². The van der Waals surface area contributed by atoms with E-state index in [0.717, 1.165) is 16.9 Å². The molecule has 0 aliphatic carbocycles. The van der Waals surface area contributed by atoms with E-state index in [1.165, 1.54) is 6.07 Å². The Morgan fingerprint density at radius 1 is 1.17 bits per heavy atom. The molecule has 0 aliphatic rings. The molecule has 0 saturated carbocycles. The van der Waals surface area contributed by atoms with Crippen LogP contribution in [0.5, 0.6) is 5.75 Å². The molecule has 0 amide bonds. The van der Waals surface area contributed by atoms with Crippen LogP contribution in [-0.2, 0) is 0 Å². The number of benzene rings is 2. The Morgan fingerprint density at radius 3 is 2.46 bits per heavy atom. The average Bonchev–Trinajstić information content (AvgIpc) is 3.12. The molecular formula is C18H13N3O3. The Balaban J connectivity index is 2.01. The van der Waals surface area contributed by atoms with Gasteiger partial charge in [-0.2, -0.15) is 5.10 Å². The molecule has 0 unspecified atom stereocenters. The Morgan fingerprint density at radius 2 is 1.88 bits per heavy atom. The van der Waals surface area contributed by atoms with Crippen molar-refractivity contribution in [2.24, 2.45) is 0 Å². The van der Waals surface area contributed by atoms with E-state index in [-0.39, 0.29) is 5.69 Å². The molecule has 0 spiro atoms. The number of carboxylic acids is 1. The molecule has 2 N–H and O–H groups in total. The fourth-order valence-electron chi connectivity index (χ4n) is 2.38. The number of aromatic carboxylic acids is 1. The van der Waals surface area contributed by atoms with E-state index in [1.54, 1.807) is 13.2 Å². The second-order valence-electron chi connectivity index (χ2n) is 5.04. The van der Waals surface area contributed by atoms with Crippen LogP contribution >= 0.6 is 0 Å². The highest BCUT2D eigenvalue weighted by atomic mass is 16.5. The first-order valence-electron chi connectivity index (χ1n) is 7.07. The minimum absolute atomic E-state index is 0.00796. The second kappa shape index (κ2) is 6.26. The van der Waals surface area contributed by atoms with Gasteiger partial charge in [-0.3, -0.25) is 5.10 Å². The molecule has 2 aromatic carbocycles. The molecule has 1 aromatic heterocycles. The highest BCUT2D eigenvalue weighted by Crippen LogP contribution is 2.34. The summed E-state index contributed by atoms with van der Waals surface area (Å²) in [6, 6.07) is 14.2. The third-order valence-electron chi connectivity index (χ3n) is 3.62. The fourth-order valence-corrected chi connectivity index (χ4v) is 2.38. The molecule has 3 rings (SSSR count). The van der Waals surface area contributed by atoms with Gasteiger partial charge in [0, 0.05) is 0 Å². The van der Waals surface area contributed by atoms with Crippen LogP contribution in [0.1, 0.15) is 10.5 Å². The quantitative estimate of drug-likeness (QED) is 0.712. The number of carbonyl (C=O) groups is 1. The molecule has 0 atom stereocenters. The SMILES string of the molecule is [C-]#[N+]c1cc(-c2cc(C(=O)O)[nH]n2)ccc1-c1ccc(OC)cc1. The van der Waals surface area contributed by atoms with Crippen LogP contribution in [0.2, 0.25) is 0 Å². The van der Waals surface area contributed by atoms with Crippen molar-refractivity contribution in [2.45, 2.75) is 0 Å². The maximum Gasteiger partial charge on any atom is 0.353 e. The highest BCUT2D eigenvalue weighted by molar-refractivity contribution is 5.88. The van der Waals surface area contributed by atoms with Crippen molar-refractivity contribution in [3.8, 4) is 28.1 Å². The zero-order chi connectivity index (χ0) is 17.1. The number of carboxylic acid groups (broad SMARTS) is 1. The van der Waals surface area contributed by atoms with Crippen LogP contribution in [0.4, 0.5) is 5.69 Å². The molecule has 3 aromatic rings. The number of methoxy groups -OCH3 is 1. The largest absolute Gasteiger partial charge is 0.497 e. The summed E-state index contributed by atoms with van der Waals surface area (Å²) in [5, 5.41) is 15.4. The van der Waals surface area contributed by atoms with E-state index in [4.69, 9.17) is 16.4 Å². The summed E-state index contributed by atoms with van der Waals surface area (Å²) in [6.45, 7) is 7.42. The third kappa shape index (κ3) is 2.83. The first-order valence-corrected chi connectivity index (χ1v) is 7.07. The van der Waals surface area contributed by atoms with Gasteiger partial charge in [0.1, 0.15) is 11.4 Å². The monoisotopic (exact) mass is 319 g/mol. The van der Waals surface area contributed by atoms with E-state index in [2.05, 4.69) is 15.0 Å². The van der Waals surface area contributed by atoms with Crippen LogP contribution in [0.15, 0.2) is 48.5 Å². The first kappa shape index (κ1) is 15.3. The zero-order valence-corrected chi connectivity index (χ0v) is 12.8. The number of rotatable bonds is 4. The predicted molar refractivity (Wildman–Crippen MR) is 89.2 cm³/mol. The van der Waals surface area contributed by atoms with Gasteiger partial charge >= 0.3 is 5.97 Å². The number of hydrogen-bond acceptors (Lipinski definition) is 3. The molecular weight excluding hydrogens is 306 g/mol. The standard InChI is InChI=1S/C18H13N3O3/c1-19-16-9-12(15-10-17(18(22)23)21-20-15)5-8-14(16)11-3-6-13(24-2)7-4-11/h3-10H,2H3,(H,20,21)(H,22,23). The van der Waals surface area contributed by atoms with Crippen LogP contribution in [0.3, 0.4) is 0 Å². The third-order valence-corrected chi connectivity index (χ3v) is 3.62. The Bertz CT molecular complexity index is 937. The van der Waals surface area contributed by atoms with Gasteiger partial charge in [-0.1, -0.05) is 24.3 Å². The van der Waals surface area contributed by atoms with E-state index >= 15 is 0 Å². The van der Waals surface area contributed by atoms with E-state index in [1.807, 2.05) is 36.4 Å². The summed E-state index contributed by atoms with van der Waals surface area (Å²) >= 11 is 0. The lowest BCUT2D eigenvalue weighted by Gasteiger charge is -2.07. The first-order chi connectivity index (χ1) is 11.6. The van der Waals surface area contributed by atoms with Gasteiger partial charge in [-0.15, -0.1) is 0 Å². The van der Waals surface area contributed by atoms with Gasteiger partial charge in [0.2, 0.25) is 0 Å². The Labute approximate surface area is 138 Å². The van der Waals surface area contributed by atoms with Crippen LogP contribution in [0, 0.1) is 6.57 Å². The van der Waals surface area contributed by atoms with Crippen LogP contribution in [-0.4, -0.2) is 28.4 Å². The Hall–Kier alpha value is -3.59. The Kier molecular flexibility index (Phi) is 4.00. The smallest absolute Gasteiger partial charge is 0.353 e. The number of ether oxygens (including phenoxy) is 1. The minimum Gasteiger partial charge on any atom is -0.497 e. The number of hydrogen-bond donors (Lipinski definition) is 2. The van der Waals surface area contributed by atoms with Crippen LogP contribution in [0.25, 0.3) is 27.2 Å². The van der Waals surface area contributed by atoms with Crippen molar-refractivity contribution in [1.82, 2.24) is 10.2 Å². The lowest BCUT2D eigenvalue weighted by molar-refractivity contribution is 0.0690. The van der Waals surface area contributed by atoms with Crippen LogP contribution < -0.4 is 4.74 Å². The molecule has 0 aliphatic heterocycles. The maximum atomic E-state index is 10.9. The van der Waals surface area contributed by atoms with Gasteiger partial charge in [-0.05, 0) is 41.0 Å². The lowest BCUT2D eigenvalue weighted by atomic mass is 10.0. The fraction of sp³-hybridized carbons (Fsp3) is 0.0556. The van der Waals surface area contributed by atoms with Gasteiger partial charge in [-0.25, -0.2) is 9.64 Å². The topological polar surface area (TPSA) is 79.6 Å². The van der Waals surface area contributed by atoms with Crippen molar-refractivity contribution >= 4 is 11.7 Å².